The Hall–Kier alpha value is -2.77. The second kappa shape index (κ2) is 10.3. The molecule has 0 radical (unpaired) electrons. The Labute approximate surface area is 181 Å². The first-order chi connectivity index (χ1) is 14.5. The third-order valence-corrected chi connectivity index (χ3v) is 5.23. The minimum absolute atomic E-state index is 0.0769. The monoisotopic (exact) mass is 431 g/mol. The Bertz CT molecular complexity index is 883. The minimum Gasteiger partial charge on any atom is -0.497 e. The second-order valence-electron chi connectivity index (χ2n) is 7.11. The van der Waals surface area contributed by atoms with Crippen molar-refractivity contribution in [1.82, 2.24) is 15.5 Å². The van der Waals surface area contributed by atoms with Crippen LogP contribution in [0, 0.1) is 0 Å². The number of carbonyl (C=O) groups is 2. The number of piperazine rings is 1. The number of ether oxygens (including phenoxy) is 2. The van der Waals surface area contributed by atoms with Gasteiger partial charge < -0.3 is 20.1 Å². The van der Waals surface area contributed by atoms with Gasteiger partial charge in [0, 0.05) is 37.3 Å². The highest BCUT2D eigenvalue weighted by Gasteiger charge is 2.31. The summed E-state index contributed by atoms with van der Waals surface area (Å²) in [6.45, 7) is 2.06. The number of benzene rings is 2. The molecule has 2 N–H and O–H groups in total. The van der Waals surface area contributed by atoms with Gasteiger partial charge in [-0.05, 0) is 35.4 Å². The van der Waals surface area contributed by atoms with E-state index in [0.717, 1.165) is 11.1 Å². The topological polar surface area (TPSA) is 79.9 Å². The third kappa shape index (κ3) is 5.87. The quantitative estimate of drug-likeness (QED) is 0.670. The van der Waals surface area contributed by atoms with Gasteiger partial charge in [-0.15, -0.1) is 0 Å². The van der Waals surface area contributed by atoms with Gasteiger partial charge in [0.05, 0.1) is 26.7 Å². The summed E-state index contributed by atoms with van der Waals surface area (Å²) in [5.74, 6) is 1.03. The maximum Gasteiger partial charge on any atom is 0.237 e. The summed E-state index contributed by atoms with van der Waals surface area (Å²) in [7, 11) is 3.19. The van der Waals surface area contributed by atoms with E-state index in [1.54, 1.807) is 32.4 Å². The van der Waals surface area contributed by atoms with Gasteiger partial charge in [-0.25, -0.2) is 0 Å². The molecule has 0 spiro atoms. The highest BCUT2D eigenvalue weighted by atomic mass is 35.5. The number of rotatable bonds is 8. The van der Waals surface area contributed by atoms with Crippen molar-refractivity contribution >= 4 is 23.4 Å². The van der Waals surface area contributed by atoms with E-state index >= 15 is 0 Å². The van der Waals surface area contributed by atoms with E-state index in [1.807, 2.05) is 29.2 Å². The van der Waals surface area contributed by atoms with E-state index in [4.69, 9.17) is 21.1 Å². The van der Waals surface area contributed by atoms with Crippen molar-refractivity contribution in [3.05, 3.63) is 58.6 Å². The lowest BCUT2D eigenvalue weighted by Crippen LogP contribution is -2.56. The molecule has 160 valence electrons. The molecule has 0 aliphatic carbocycles. The van der Waals surface area contributed by atoms with Crippen LogP contribution in [0.1, 0.15) is 17.5 Å². The molecule has 1 fully saturated rings. The summed E-state index contributed by atoms with van der Waals surface area (Å²) in [6, 6.07) is 12.4. The molecule has 8 heteroatoms. The zero-order chi connectivity index (χ0) is 21.5. The number of hydrogen-bond donors (Lipinski definition) is 2. The first-order valence-electron chi connectivity index (χ1n) is 9.73. The van der Waals surface area contributed by atoms with Crippen LogP contribution in [0.25, 0.3) is 0 Å². The molecular formula is C22H26ClN3O4. The van der Waals surface area contributed by atoms with Crippen LogP contribution in [0.15, 0.2) is 42.5 Å². The van der Waals surface area contributed by atoms with Crippen LogP contribution < -0.4 is 20.1 Å². The van der Waals surface area contributed by atoms with Crippen molar-refractivity contribution in [2.24, 2.45) is 0 Å². The van der Waals surface area contributed by atoms with Crippen LogP contribution in [0.3, 0.4) is 0 Å². The summed E-state index contributed by atoms with van der Waals surface area (Å²) in [5, 5.41) is 6.34. The molecule has 1 aliphatic rings. The number of carbonyl (C=O) groups excluding carboxylic acids is 2. The van der Waals surface area contributed by atoms with Gasteiger partial charge in [0.15, 0.2) is 0 Å². The first-order valence-corrected chi connectivity index (χ1v) is 10.1. The van der Waals surface area contributed by atoms with E-state index < -0.39 is 6.04 Å². The highest BCUT2D eigenvalue weighted by molar-refractivity contribution is 6.30. The standard InChI is InChI=1S/C22H26ClN3O4/c1-29-18-9-16(10-19(11-18)30-2)14-26-7-6-24-22(28)20(26)12-21(27)25-13-15-4-3-5-17(23)8-15/h3-5,8-11,20H,6-7,12-14H2,1-2H3,(H,24,28)(H,25,27). The lowest BCUT2D eigenvalue weighted by molar-refractivity contribution is -0.134. The second-order valence-corrected chi connectivity index (χ2v) is 7.55. The van der Waals surface area contributed by atoms with Crippen molar-refractivity contribution in [3.63, 3.8) is 0 Å². The minimum atomic E-state index is -0.546. The molecule has 0 saturated carbocycles. The van der Waals surface area contributed by atoms with Gasteiger partial charge in [-0.3, -0.25) is 14.5 Å². The lowest BCUT2D eigenvalue weighted by Gasteiger charge is -2.34. The van der Waals surface area contributed by atoms with Crippen LogP contribution in [0.5, 0.6) is 11.5 Å². The Kier molecular flexibility index (Phi) is 7.54. The van der Waals surface area contributed by atoms with Crippen LogP contribution in [-0.2, 0) is 22.7 Å². The van der Waals surface area contributed by atoms with Crippen molar-refractivity contribution in [3.8, 4) is 11.5 Å². The van der Waals surface area contributed by atoms with Crippen LogP contribution in [-0.4, -0.2) is 50.1 Å². The molecule has 2 aromatic carbocycles. The number of methoxy groups -OCH3 is 2. The van der Waals surface area contributed by atoms with Crippen molar-refractivity contribution in [2.45, 2.75) is 25.6 Å². The summed E-state index contributed by atoms with van der Waals surface area (Å²) in [6.07, 6.45) is 0.0769. The fourth-order valence-corrected chi connectivity index (χ4v) is 3.67. The largest absolute Gasteiger partial charge is 0.497 e. The maximum absolute atomic E-state index is 12.5. The highest BCUT2D eigenvalue weighted by Crippen LogP contribution is 2.24. The lowest BCUT2D eigenvalue weighted by atomic mass is 10.1. The van der Waals surface area contributed by atoms with E-state index in [1.165, 1.54) is 0 Å². The zero-order valence-electron chi connectivity index (χ0n) is 17.1. The molecular weight excluding hydrogens is 406 g/mol. The van der Waals surface area contributed by atoms with Gasteiger partial charge in [0.2, 0.25) is 11.8 Å². The number of halogens is 1. The fourth-order valence-electron chi connectivity index (χ4n) is 3.46. The predicted octanol–water partition coefficient (Wildman–Crippen LogP) is 2.36. The Morgan fingerprint density at radius 2 is 1.90 bits per heavy atom. The normalized spacial score (nSPS) is 16.6. The average molecular weight is 432 g/mol. The third-order valence-electron chi connectivity index (χ3n) is 5.00. The molecule has 1 unspecified atom stereocenters. The molecule has 7 nitrogen and oxygen atoms in total. The Balaban J connectivity index is 1.65. The number of nitrogens with zero attached hydrogens (tertiary/aromatic N) is 1. The van der Waals surface area contributed by atoms with Crippen molar-refractivity contribution in [1.29, 1.82) is 0 Å². The van der Waals surface area contributed by atoms with Gasteiger partial charge in [-0.1, -0.05) is 23.7 Å². The number of amides is 2. The van der Waals surface area contributed by atoms with Crippen LogP contribution >= 0.6 is 11.6 Å². The molecule has 30 heavy (non-hydrogen) atoms. The van der Waals surface area contributed by atoms with Crippen molar-refractivity contribution < 1.29 is 19.1 Å². The molecule has 1 heterocycles. The molecule has 1 atom stereocenters. The SMILES string of the molecule is COc1cc(CN2CCNC(=O)C2CC(=O)NCc2cccc(Cl)c2)cc(OC)c1. The maximum atomic E-state index is 12.5. The zero-order valence-corrected chi connectivity index (χ0v) is 17.9. The molecule has 0 aromatic heterocycles. The molecule has 2 aromatic rings. The molecule has 3 rings (SSSR count). The Morgan fingerprint density at radius 1 is 1.17 bits per heavy atom. The molecule has 1 saturated heterocycles. The summed E-state index contributed by atoms with van der Waals surface area (Å²) < 4.78 is 10.7. The molecule has 2 amide bonds. The summed E-state index contributed by atoms with van der Waals surface area (Å²) >= 11 is 5.98. The number of nitrogens with one attached hydrogen (secondary N) is 2. The van der Waals surface area contributed by atoms with Gasteiger partial charge >= 0.3 is 0 Å². The van der Waals surface area contributed by atoms with E-state index in [2.05, 4.69) is 10.6 Å². The van der Waals surface area contributed by atoms with E-state index in [9.17, 15) is 9.59 Å². The molecule has 1 aliphatic heterocycles. The van der Waals surface area contributed by atoms with Crippen molar-refractivity contribution in [2.75, 3.05) is 27.3 Å². The molecule has 0 bridgehead atoms. The number of hydrogen-bond acceptors (Lipinski definition) is 5. The van der Waals surface area contributed by atoms with Crippen LogP contribution in [0.2, 0.25) is 5.02 Å². The van der Waals surface area contributed by atoms with E-state index in [-0.39, 0.29) is 18.2 Å². The van der Waals surface area contributed by atoms with E-state index in [0.29, 0.717) is 42.7 Å². The van der Waals surface area contributed by atoms with Gasteiger partial charge in [0.25, 0.3) is 0 Å². The fraction of sp³-hybridized carbons (Fsp3) is 0.364. The smallest absolute Gasteiger partial charge is 0.237 e. The Morgan fingerprint density at radius 3 is 2.57 bits per heavy atom. The summed E-state index contributed by atoms with van der Waals surface area (Å²) in [5.41, 5.74) is 1.86. The van der Waals surface area contributed by atoms with Gasteiger partial charge in [0.1, 0.15) is 11.5 Å². The van der Waals surface area contributed by atoms with Gasteiger partial charge in [-0.2, -0.15) is 0 Å². The summed E-state index contributed by atoms with van der Waals surface area (Å²) in [4.78, 5) is 27.0. The average Bonchev–Trinajstić information content (AvgIpc) is 2.74. The first kappa shape index (κ1) is 21.9. The predicted molar refractivity (Wildman–Crippen MR) is 115 cm³/mol. The van der Waals surface area contributed by atoms with Crippen LogP contribution in [0.4, 0.5) is 0 Å².